The van der Waals surface area contributed by atoms with Gasteiger partial charge in [-0.15, -0.1) is 0 Å². The van der Waals surface area contributed by atoms with Crippen molar-refractivity contribution in [3.63, 3.8) is 0 Å². The van der Waals surface area contributed by atoms with E-state index in [9.17, 15) is 13.6 Å². The van der Waals surface area contributed by atoms with Crippen LogP contribution in [0.2, 0.25) is 0 Å². The van der Waals surface area contributed by atoms with Crippen molar-refractivity contribution in [1.29, 1.82) is 0 Å². The number of aromatic nitrogens is 1. The number of hydrogen-bond acceptors (Lipinski definition) is 2. The quantitative estimate of drug-likeness (QED) is 0.460. The Bertz CT molecular complexity index is 346. The molecular weight excluding hydrogens is 359 g/mol. The van der Waals surface area contributed by atoms with Crippen molar-refractivity contribution >= 4 is 44.8 Å². The molecule has 0 unspecified atom stereocenters. The van der Waals surface area contributed by atoms with E-state index in [1.807, 2.05) is 0 Å². The maximum atomic E-state index is 12.3. The Morgan fingerprint density at radius 3 is 2.69 bits per heavy atom. The normalized spacial score (nSPS) is 10.5. The fourth-order valence-electron chi connectivity index (χ4n) is 0.773. The highest BCUT2D eigenvalue weighted by atomic mass is 127. The largest absolute Gasteiger partial charge is 0.296 e. The van der Waals surface area contributed by atoms with E-state index in [0.29, 0.717) is 9.99 Å². The van der Waals surface area contributed by atoms with Gasteiger partial charge in [0.2, 0.25) is 0 Å². The standard InChI is InChI=1S/C7H3BrF2INO/c8-6-3(7(9)10)1-5(11)12-4(6)2-13/h1-2,7H. The van der Waals surface area contributed by atoms with Gasteiger partial charge in [-0.3, -0.25) is 4.79 Å². The third-order valence-electron chi connectivity index (χ3n) is 1.33. The first-order valence-electron chi connectivity index (χ1n) is 3.15. The van der Waals surface area contributed by atoms with Crippen LogP contribution in [0.3, 0.4) is 0 Å². The minimum absolute atomic E-state index is 0.00204. The molecule has 0 aliphatic carbocycles. The molecule has 0 saturated heterocycles. The molecule has 0 N–H and O–H groups in total. The third kappa shape index (κ3) is 2.43. The van der Waals surface area contributed by atoms with Crippen LogP contribution in [-0.2, 0) is 0 Å². The summed E-state index contributed by atoms with van der Waals surface area (Å²) in [7, 11) is 0. The zero-order valence-corrected chi connectivity index (χ0v) is 9.84. The average Bonchev–Trinajstić information content (AvgIpc) is 2.08. The Balaban J connectivity index is 3.35. The summed E-state index contributed by atoms with van der Waals surface area (Å²) < 4.78 is 25.1. The van der Waals surface area contributed by atoms with E-state index in [1.165, 1.54) is 6.07 Å². The first kappa shape index (κ1) is 11.0. The Labute approximate surface area is 95.0 Å². The van der Waals surface area contributed by atoms with Crippen LogP contribution < -0.4 is 0 Å². The summed E-state index contributed by atoms with van der Waals surface area (Å²) >= 11 is 4.68. The van der Waals surface area contributed by atoms with Gasteiger partial charge < -0.3 is 0 Å². The van der Waals surface area contributed by atoms with E-state index < -0.39 is 6.43 Å². The molecule has 0 aliphatic rings. The van der Waals surface area contributed by atoms with Crippen LogP contribution in [-0.4, -0.2) is 11.3 Å². The molecule has 0 radical (unpaired) electrons. The lowest BCUT2D eigenvalue weighted by molar-refractivity contribution is 0.111. The predicted molar refractivity (Wildman–Crippen MR) is 55.0 cm³/mol. The predicted octanol–water partition coefficient (Wildman–Crippen LogP) is 3.20. The van der Waals surface area contributed by atoms with Gasteiger partial charge in [-0.05, 0) is 44.6 Å². The molecule has 2 nitrogen and oxygen atoms in total. The smallest absolute Gasteiger partial charge is 0.265 e. The number of hydrogen-bond donors (Lipinski definition) is 0. The van der Waals surface area contributed by atoms with Crippen molar-refractivity contribution in [2.24, 2.45) is 0 Å². The average molecular weight is 362 g/mol. The van der Waals surface area contributed by atoms with Crippen molar-refractivity contribution in [1.82, 2.24) is 4.98 Å². The van der Waals surface area contributed by atoms with Crippen LogP contribution in [0.1, 0.15) is 22.5 Å². The summed E-state index contributed by atoms with van der Waals surface area (Å²) in [5.41, 5.74) is -0.205. The second-order valence-electron chi connectivity index (χ2n) is 2.15. The summed E-state index contributed by atoms with van der Waals surface area (Å²) in [6, 6.07) is 1.24. The Hall–Kier alpha value is -0.110. The zero-order valence-electron chi connectivity index (χ0n) is 6.10. The molecular formula is C7H3BrF2INO. The third-order valence-corrected chi connectivity index (χ3v) is 2.74. The molecule has 0 aliphatic heterocycles. The van der Waals surface area contributed by atoms with E-state index in [4.69, 9.17) is 0 Å². The number of nitrogens with zero attached hydrogens (tertiary/aromatic N) is 1. The summed E-state index contributed by atoms with van der Waals surface area (Å²) in [6.07, 6.45) is -2.16. The van der Waals surface area contributed by atoms with Gasteiger partial charge in [0.1, 0.15) is 9.39 Å². The lowest BCUT2D eigenvalue weighted by Crippen LogP contribution is -1.97. The summed E-state index contributed by atoms with van der Waals surface area (Å²) in [4.78, 5) is 14.2. The summed E-state index contributed by atoms with van der Waals surface area (Å²) in [5.74, 6) is 0. The van der Waals surface area contributed by atoms with Crippen LogP contribution in [0.25, 0.3) is 0 Å². The van der Waals surface area contributed by atoms with Crippen LogP contribution in [0.5, 0.6) is 0 Å². The Morgan fingerprint density at radius 2 is 2.23 bits per heavy atom. The van der Waals surface area contributed by atoms with Crippen LogP contribution >= 0.6 is 38.5 Å². The lowest BCUT2D eigenvalue weighted by atomic mass is 10.2. The van der Waals surface area contributed by atoms with E-state index in [1.54, 1.807) is 22.6 Å². The van der Waals surface area contributed by atoms with Gasteiger partial charge in [-0.2, -0.15) is 0 Å². The topological polar surface area (TPSA) is 30.0 Å². The number of alkyl halides is 2. The van der Waals surface area contributed by atoms with Gasteiger partial charge in [0.25, 0.3) is 6.43 Å². The molecule has 0 spiro atoms. The number of carbonyl (C=O) groups is 1. The highest BCUT2D eigenvalue weighted by Gasteiger charge is 2.16. The molecule has 0 saturated carbocycles. The number of aldehydes is 1. The molecule has 0 fully saturated rings. The van der Waals surface area contributed by atoms with Crippen molar-refractivity contribution in [3.05, 3.63) is 25.5 Å². The molecule has 0 atom stereocenters. The molecule has 1 aromatic rings. The van der Waals surface area contributed by atoms with Gasteiger partial charge in [-0.25, -0.2) is 13.8 Å². The highest BCUT2D eigenvalue weighted by Crippen LogP contribution is 2.29. The SMILES string of the molecule is O=Cc1nc(I)cc(C(F)F)c1Br. The first-order valence-corrected chi connectivity index (χ1v) is 5.02. The molecule has 1 aromatic heterocycles. The van der Waals surface area contributed by atoms with Gasteiger partial charge in [0.15, 0.2) is 6.29 Å². The second-order valence-corrected chi connectivity index (χ2v) is 4.05. The molecule has 6 heteroatoms. The number of rotatable bonds is 2. The highest BCUT2D eigenvalue weighted by molar-refractivity contribution is 14.1. The van der Waals surface area contributed by atoms with Crippen molar-refractivity contribution in [2.45, 2.75) is 6.43 Å². The Morgan fingerprint density at radius 1 is 1.62 bits per heavy atom. The van der Waals surface area contributed by atoms with Gasteiger partial charge in [-0.1, -0.05) is 0 Å². The van der Waals surface area contributed by atoms with Crippen molar-refractivity contribution < 1.29 is 13.6 Å². The fraction of sp³-hybridized carbons (Fsp3) is 0.143. The monoisotopic (exact) mass is 361 g/mol. The van der Waals surface area contributed by atoms with Crippen molar-refractivity contribution in [2.75, 3.05) is 0 Å². The minimum Gasteiger partial charge on any atom is -0.296 e. The molecule has 1 rings (SSSR count). The van der Waals surface area contributed by atoms with Crippen LogP contribution in [0.15, 0.2) is 10.5 Å². The molecule has 70 valence electrons. The molecule has 13 heavy (non-hydrogen) atoms. The van der Waals surface area contributed by atoms with Gasteiger partial charge >= 0.3 is 0 Å². The molecule has 0 bridgehead atoms. The van der Waals surface area contributed by atoms with Gasteiger partial charge in [0.05, 0.1) is 4.47 Å². The van der Waals surface area contributed by atoms with E-state index in [-0.39, 0.29) is 15.7 Å². The van der Waals surface area contributed by atoms with E-state index in [2.05, 4.69) is 20.9 Å². The lowest BCUT2D eigenvalue weighted by Gasteiger charge is -2.05. The maximum Gasteiger partial charge on any atom is 0.265 e. The minimum atomic E-state index is -2.61. The number of halogens is 4. The van der Waals surface area contributed by atoms with Crippen LogP contribution in [0.4, 0.5) is 8.78 Å². The molecule has 0 aromatic carbocycles. The zero-order chi connectivity index (χ0) is 10.0. The fourth-order valence-corrected chi connectivity index (χ4v) is 1.84. The number of carbonyl (C=O) groups excluding carboxylic acids is 1. The summed E-state index contributed by atoms with van der Waals surface area (Å²) in [5, 5.41) is 0. The Kier molecular flexibility index (Phi) is 3.72. The van der Waals surface area contributed by atoms with Gasteiger partial charge in [0, 0.05) is 5.56 Å². The van der Waals surface area contributed by atoms with E-state index in [0.717, 1.165) is 0 Å². The van der Waals surface area contributed by atoms with Crippen LogP contribution in [0, 0.1) is 3.70 Å². The molecule has 1 heterocycles. The number of pyridine rings is 1. The van der Waals surface area contributed by atoms with Crippen molar-refractivity contribution in [3.8, 4) is 0 Å². The maximum absolute atomic E-state index is 12.3. The van der Waals surface area contributed by atoms with E-state index >= 15 is 0 Å². The summed E-state index contributed by atoms with van der Waals surface area (Å²) in [6.45, 7) is 0. The second kappa shape index (κ2) is 4.41. The molecule has 0 amide bonds. The first-order chi connectivity index (χ1) is 6.06.